The van der Waals surface area contributed by atoms with Gasteiger partial charge in [-0.2, -0.15) is 0 Å². The second-order valence-electron chi connectivity index (χ2n) is 4.02. The van der Waals surface area contributed by atoms with Crippen molar-refractivity contribution in [1.29, 1.82) is 0 Å². The standard InChI is InChI=1S/C11H21NO7/c1-3-7(15)11(18)19-10(8(16)5-14)9(17)6(4-13)12-2/h4,6-10,12,14-17H,3,5H2,1-2H3/t6-,7?,8+,9+,10+/m0/s1. The molecule has 0 saturated heterocycles. The van der Waals surface area contributed by atoms with E-state index in [1.54, 1.807) is 6.92 Å². The molecule has 112 valence electrons. The van der Waals surface area contributed by atoms with E-state index in [9.17, 15) is 24.9 Å². The Labute approximate surface area is 111 Å². The highest BCUT2D eigenvalue weighted by molar-refractivity contribution is 5.74. The van der Waals surface area contributed by atoms with Crippen LogP contribution in [0.3, 0.4) is 0 Å². The van der Waals surface area contributed by atoms with Gasteiger partial charge in [0, 0.05) is 0 Å². The van der Waals surface area contributed by atoms with Gasteiger partial charge < -0.3 is 35.3 Å². The van der Waals surface area contributed by atoms with Crippen LogP contribution in [-0.4, -0.2) is 76.8 Å². The second-order valence-corrected chi connectivity index (χ2v) is 4.02. The van der Waals surface area contributed by atoms with Crippen LogP contribution >= 0.6 is 0 Å². The molecule has 0 bridgehead atoms. The third-order valence-corrected chi connectivity index (χ3v) is 2.66. The van der Waals surface area contributed by atoms with Gasteiger partial charge in [-0.25, -0.2) is 4.79 Å². The van der Waals surface area contributed by atoms with E-state index in [-0.39, 0.29) is 6.42 Å². The van der Waals surface area contributed by atoms with Gasteiger partial charge in [0.1, 0.15) is 18.5 Å². The maximum Gasteiger partial charge on any atom is 0.335 e. The molecule has 0 heterocycles. The van der Waals surface area contributed by atoms with Crippen molar-refractivity contribution < 1.29 is 34.8 Å². The fourth-order valence-electron chi connectivity index (χ4n) is 1.38. The third-order valence-electron chi connectivity index (χ3n) is 2.66. The molecule has 5 atom stereocenters. The summed E-state index contributed by atoms with van der Waals surface area (Å²) in [6, 6.07) is -1.09. The number of ether oxygens (including phenoxy) is 1. The SMILES string of the molecule is CCC(O)C(=O)O[C@@H]([C@H](O)[C@H](C=O)NC)[C@H](O)CO. The number of hydrogen-bond donors (Lipinski definition) is 5. The fraction of sp³-hybridized carbons (Fsp3) is 0.818. The predicted molar refractivity (Wildman–Crippen MR) is 64.2 cm³/mol. The molecule has 5 N–H and O–H groups in total. The van der Waals surface area contributed by atoms with Crippen molar-refractivity contribution in [2.24, 2.45) is 0 Å². The molecule has 0 aromatic carbocycles. The number of aldehydes is 1. The quantitative estimate of drug-likeness (QED) is 0.225. The summed E-state index contributed by atoms with van der Waals surface area (Å²) >= 11 is 0. The van der Waals surface area contributed by atoms with Crippen LogP contribution in [0.15, 0.2) is 0 Å². The average Bonchev–Trinajstić information content (AvgIpc) is 2.43. The molecule has 0 fully saturated rings. The van der Waals surface area contributed by atoms with Crippen molar-refractivity contribution >= 4 is 12.3 Å². The first-order valence-electron chi connectivity index (χ1n) is 5.90. The Morgan fingerprint density at radius 1 is 1.37 bits per heavy atom. The number of rotatable bonds is 9. The van der Waals surface area contributed by atoms with Crippen LogP contribution < -0.4 is 5.32 Å². The molecule has 0 spiro atoms. The van der Waals surface area contributed by atoms with Gasteiger partial charge >= 0.3 is 5.97 Å². The van der Waals surface area contributed by atoms with Crippen molar-refractivity contribution in [1.82, 2.24) is 5.32 Å². The second kappa shape index (κ2) is 8.94. The van der Waals surface area contributed by atoms with Crippen LogP contribution in [0.2, 0.25) is 0 Å². The van der Waals surface area contributed by atoms with Crippen LogP contribution in [0.4, 0.5) is 0 Å². The highest BCUT2D eigenvalue weighted by Gasteiger charge is 2.36. The van der Waals surface area contributed by atoms with Crippen molar-refractivity contribution in [3.63, 3.8) is 0 Å². The van der Waals surface area contributed by atoms with Crippen molar-refractivity contribution in [3.8, 4) is 0 Å². The number of carbonyl (C=O) groups excluding carboxylic acids is 2. The van der Waals surface area contributed by atoms with E-state index < -0.39 is 43.0 Å². The molecule has 0 amide bonds. The van der Waals surface area contributed by atoms with E-state index in [4.69, 9.17) is 9.84 Å². The maximum absolute atomic E-state index is 11.4. The number of aliphatic hydroxyl groups excluding tert-OH is 4. The van der Waals surface area contributed by atoms with Gasteiger partial charge in [0.15, 0.2) is 12.2 Å². The van der Waals surface area contributed by atoms with E-state index >= 15 is 0 Å². The van der Waals surface area contributed by atoms with Gasteiger partial charge in [-0.15, -0.1) is 0 Å². The van der Waals surface area contributed by atoms with Gasteiger partial charge in [-0.3, -0.25) is 0 Å². The van der Waals surface area contributed by atoms with Gasteiger partial charge in [0.05, 0.1) is 12.6 Å². The summed E-state index contributed by atoms with van der Waals surface area (Å²) < 4.78 is 4.75. The summed E-state index contributed by atoms with van der Waals surface area (Å²) in [6.07, 6.45) is -5.58. The predicted octanol–water partition coefficient (Wildman–Crippen LogP) is -2.83. The number of esters is 1. The van der Waals surface area contributed by atoms with Crippen LogP contribution in [0.25, 0.3) is 0 Å². The first kappa shape index (κ1) is 17.9. The Bertz CT molecular complexity index is 286. The van der Waals surface area contributed by atoms with Gasteiger partial charge in [-0.1, -0.05) is 6.92 Å². The third kappa shape index (κ3) is 5.21. The Kier molecular flexibility index (Phi) is 8.44. The van der Waals surface area contributed by atoms with E-state index in [1.807, 2.05) is 0 Å². The van der Waals surface area contributed by atoms with E-state index in [1.165, 1.54) is 7.05 Å². The first-order chi connectivity index (χ1) is 8.92. The Balaban J connectivity index is 4.90. The molecule has 1 unspecified atom stereocenters. The summed E-state index contributed by atoms with van der Waals surface area (Å²) in [5, 5.41) is 40.0. The lowest BCUT2D eigenvalue weighted by atomic mass is 10.0. The molecular weight excluding hydrogens is 258 g/mol. The minimum Gasteiger partial charge on any atom is -0.455 e. The normalized spacial score (nSPS) is 19.1. The average molecular weight is 279 g/mol. The molecular formula is C11H21NO7. The summed E-state index contributed by atoms with van der Waals surface area (Å²) in [7, 11) is 1.40. The molecule has 0 saturated carbocycles. The van der Waals surface area contributed by atoms with Gasteiger partial charge in [0.25, 0.3) is 0 Å². The molecule has 8 nitrogen and oxygen atoms in total. The zero-order chi connectivity index (χ0) is 15.0. The topological polar surface area (TPSA) is 136 Å². The molecule has 0 aliphatic rings. The van der Waals surface area contributed by atoms with Crippen molar-refractivity contribution in [3.05, 3.63) is 0 Å². The highest BCUT2D eigenvalue weighted by atomic mass is 16.6. The molecule has 19 heavy (non-hydrogen) atoms. The lowest BCUT2D eigenvalue weighted by molar-refractivity contribution is -0.178. The van der Waals surface area contributed by atoms with Gasteiger partial charge in [0.2, 0.25) is 0 Å². The van der Waals surface area contributed by atoms with Crippen molar-refractivity contribution in [2.75, 3.05) is 13.7 Å². The zero-order valence-electron chi connectivity index (χ0n) is 10.9. The molecule has 0 rings (SSSR count). The number of nitrogens with one attached hydrogen (secondary N) is 1. The van der Waals surface area contributed by atoms with Crippen LogP contribution in [0.5, 0.6) is 0 Å². The van der Waals surface area contributed by atoms with Crippen LogP contribution in [0.1, 0.15) is 13.3 Å². The Morgan fingerprint density at radius 3 is 2.32 bits per heavy atom. The zero-order valence-corrected chi connectivity index (χ0v) is 10.9. The van der Waals surface area contributed by atoms with Crippen LogP contribution in [-0.2, 0) is 14.3 Å². The van der Waals surface area contributed by atoms with Gasteiger partial charge in [-0.05, 0) is 13.5 Å². The summed E-state index contributed by atoms with van der Waals surface area (Å²) in [5.74, 6) is -1.04. The van der Waals surface area contributed by atoms with E-state index in [0.29, 0.717) is 6.29 Å². The number of aliphatic hydroxyl groups is 4. The molecule has 0 aromatic heterocycles. The van der Waals surface area contributed by atoms with E-state index in [2.05, 4.69) is 5.32 Å². The summed E-state index contributed by atoms with van der Waals surface area (Å²) in [6.45, 7) is 0.772. The fourth-order valence-corrected chi connectivity index (χ4v) is 1.38. The minimum absolute atomic E-state index is 0.0972. The van der Waals surface area contributed by atoms with Crippen molar-refractivity contribution in [2.45, 2.75) is 43.8 Å². The summed E-state index contributed by atoms with van der Waals surface area (Å²) in [4.78, 5) is 22.1. The van der Waals surface area contributed by atoms with E-state index in [0.717, 1.165) is 0 Å². The molecule has 0 aliphatic heterocycles. The lowest BCUT2D eigenvalue weighted by Crippen LogP contribution is -2.53. The molecule has 0 aromatic rings. The molecule has 0 aliphatic carbocycles. The Hall–Kier alpha value is -1.06. The lowest BCUT2D eigenvalue weighted by Gasteiger charge is -2.29. The highest BCUT2D eigenvalue weighted by Crippen LogP contribution is 2.11. The number of hydrogen-bond acceptors (Lipinski definition) is 8. The monoisotopic (exact) mass is 279 g/mol. The number of likely N-dealkylation sites (N-methyl/N-ethyl adjacent to an activating group) is 1. The maximum atomic E-state index is 11.4. The minimum atomic E-state index is -1.57. The van der Waals surface area contributed by atoms with Crippen LogP contribution in [0, 0.1) is 0 Å². The largest absolute Gasteiger partial charge is 0.455 e. The first-order valence-corrected chi connectivity index (χ1v) is 5.90. The number of carbonyl (C=O) groups is 2. The smallest absolute Gasteiger partial charge is 0.335 e. The molecule has 0 radical (unpaired) electrons. The Morgan fingerprint density at radius 2 is 1.95 bits per heavy atom. The molecule has 8 heteroatoms. The summed E-state index contributed by atoms with van der Waals surface area (Å²) in [5.41, 5.74) is 0.